The molecule has 0 aliphatic heterocycles. The Labute approximate surface area is 88.8 Å². The number of rotatable bonds is 4. The molecule has 1 rings (SSSR count). The first kappa shape index (κ1) is 10.8. The van der Waals surface area contributed by atoms with Crippen LogP contribution in [0.2, 0.25) is 5.02 Å². The molecule has 0 amide bonds. The standard InChI is InChI=1S/C11H12ClNO/c1-3-7-13(2)11-6-4-5-10(12)9(11)8-14/h3-6,8H,1,7H2,2H3. The number of nitrogens with zero attached hydrogens (tertiary/aromatic N) is 1. The van der Waals surface area contributed by atoms with Crippen LogP contribution in [-0.2, 0) is 0 Å². The molecule has 0 aliphatic rings. The third kappa shape index (κ3) is 2.15. The van der Waals surface area contributed by atoms with E-state index in [9.17, 15) is 4.79 Å². The highest BCUT2D eigenvalue weighted by Gasteiger charge is 2.08. The highest BCUT2D eigenvalue weighted by molar-refractivity contribution is 6.33. The summed E-state index contributed by atoms with van der Waals surface area (Å²) >= 11 is 5.89. The van der Waals surface area contributed by atoms with Crippen molar-refractivity contribution < 1.29 is 4.79 Å². The second-order valence-electron chi connectivity index (χ2n) is 2.96. The van der Waals surface area contributed by atoms with Crippen molar-refractivity contribution in [3.63, 3.8) is 0 Å². The summed E-state index contributed by atoms with van der Waals surface area (Å²) in [6.07, 6.45) is 2.55. The van der Waals surface area contributed by atoms with E-state index < -0.39 is 0 Å². The SMILES string of the molecule is C=CCN(C)c1cccc(Cl)c1C=O. The van der Waals surface area contributed by atoms with Gasteiger partial charge in [-0.3, -0.25) is 4.79 Å². The van der Waals surface area contributed by atoms with Crippen LogP contribution >= 0.6 is 11.6 Å². The van der Waals surface area contributed by atoms with Gasteiger partial charge in [-0.2, -0.15) is 0 Å². The van der Waals surface area contributed by atoms with Crippen LogP contribution in [0.3, 0.4) is 0 Å². The minimum Gasteiger partial charge on any atom is -0.370 e. The Balaban J connectivity index is 3.12. The Morgan fingerprint density at radius 1 is 1.57 bits per heavy atom. The third-order valence-electron chi connectivity index (χ3n) is 1.96. The molecule has 0 fully saturated rings. The Bertz CT molecular complexity index is 349. The van der Waals surface area contributed by atoms with Gasteiger partial charge in [-0.25, -0.2) is 0 Å². The van der Waals surface area contributed by atoms with E-state index in [-0.39, 0.29) is 0 Å². The fourth-order valence-electron chi connectivity index (χ4n) is 1.27. The summed E-state index contributed by atoms with van der Waals surface area (Å²) in [4.78, 5) is 12.7. The van der Waals surface area contributed by atoms with E-state index in [1.54, 1.807) is 12.1 Å². The Hall–Kier alpha value is -1.28. The van der Waals surface area contributed by atoms with E-state index in [1.165, 1.54) is 0 Å². The second-order valence-corrected chi connectivity index (χ2v) is 3.37. The van der Waals surface area contributed by atoms with Crippen LogP contribution in [0.1, 0.15) is 10.4 Å². The highest BCUT2D eigenvalue weighted by Crippen LogP contribution is 2.24. The van der Waals surface area contributed by atoms with Crippen LogP contribution in [0.5, 0.6) is 0 Å². The molecule has 0 bridgehead atoms. The Morgan fingerprint density at radius 2 is 2.29 bits per heavy atom. The lowest BCUT2D eigenvalue weighted by Gasteiger charge is -2.19. The van der Waals surface area contributed by atoms with Gasteiger partial charge in [0.05, 0.1) is 10.6 Å². The molecule has 74 valence electrons. The zero-order valence-electron chi connectivity index (χ0n) is 8.03. The molecule has 0 radical (unpaired) electrons. The molecule has 1 aromatic rings. The topological polar surface area (TPSA) is 20.3 Å². The monoisotopic (exact) mass is 209 g/mol. The average molecular weight is 210 g/mol. The van der Waals surface area contributed by atoms with Crippen LogP contribution in [0.4, 0.5) is 5.69 Å². The van der Waals surface area contributed by atoms with Gasteiger partial charge >= 0.3 is 0 Å². The normalized spacial score (nSPS) is 9.57. The van der Waals surface area contributed by atoms with Gasteiger partial charge in [-0.15, -0.1) is 6.58 Å². The van der Waals surface area contributed by atoms with Crippen LogP contribution in [0.25, 0.3) is 0 Å². The van der Waals surface area contributed by atoms with E-state index in [2.05, 4.69) is 6.58 Å². The molecule has 0 unspecified atom stereocenters. The smallest absolute Gasteiger partial charge is 0.153 e. The average Bonchev–Trinajstić information content (AvgIpc) is 2.17. The van der Waals surface area contributed by atoms with Gasteiger partial charge in [0.25, 0.3) is 0 Å². The largest absolute Gasteiger partial charge is 0.370 e. The van der Waals surface area contributed by atoms with Gasteiger partial charge in [0.1, 0.15) is 0 Å². The number of carbonyl (C=O) groups is 1. The Morgan fingerprint density at radius 3 is 2.86 bits per heavy atom. The van der Waals surface area contributed by atoms with Crippen LogP contribution in [0, 0.1) is 0 Å². The van der Waals surface area contributed by atoms with Crippen molar-refractivity contribution in [2.45, 2.75) is 0 Å². The third-order valence-corrected chi connectivity index (χ3v) is 2.29. The minimum absolute atomic E-state index is 0.480. The fourth-order valence-corrected chi connectivity index (χ4v) is 1.48. The molecule has 0 N–H and O–H groups in total. The zero-order chi connectivity index (χ0) is 10.6. The summed E-state index contributed by atoms with van der Waals surface area (Å²) in [5, 5.41) is 0.480. The van der Waals surface area contributed by atoms with E-state index in [0.29, 0.717) is 17.1 Å². The lowest BCUT2D eigenvalue weighted by atomic mass is 10.2. The van der Waals surface area contributed by atoms with Crippen molar-refractivity contribution in [3.05, 3.63) is 41.4 Å². The molecule has 0 atom stereocenters. The number of likely N-dealkylation sites (N-methyl/N-ethyl adjacent to an activating group) is 1. The van der Waals surface area contributed by atoms with Crippen LogP contribution in [-0.4, -0.2) is 19.9 Å². The summed E-state index contributed by atoms with van der Waals surface area (Å²) in [6.45, 7) is 4.32. The number of anilines is 1. The predicted octanol–water partition coefficient (Wildman–Crippen LogP) is 2.77. The number of halogens is 1. The summed E-state index contributed by atoms with van der Waals surface area (Å²) in [5.41, 5.74) is 1.35. The number of hydrogen-bond acceptors (Lipinski definition) is 2. The highest BCUT2D eigenvalue weighted by atomic mass is 35.5. The summed E-state index contributed by atoms with van der Waals surface area (Å²) in [7, 11) is 1.89. The van der Waals surface area contributed by atoms with E-state index >= 15 is 0 Å². The van der Waals surface area contributed by atoms with Crippen molar-refractivity contribution in [2.24, 2.45) is 0 Å². The molecular weight excluding hydrogens is 198 g/mol. The van der Waals surface area contributed by atoms with Crippen molar-refractivity contribution in [3.8, 4) is 0 Å². The van der Waals surface area contributed by atoms with Gasteiger partial charge in [0, 0.05) is 19.3 Å². The second kappa shape index (κ2) is 4.82. The van der Waals surface area contributed by atoms with Gasteiger partial charge in [0.15, 0.2) is 6.29 Å². The number of carbonyl (C=O) groups excluding carboxylic acids is 1. The first-order chi connectivity index (χ1) is 6.70. The van der Waals surface area contributed by atoms with E-state index in [4.69, 9.17) is 11.6 Å². The van der Waals surface area contributed by atoms with Crippen molar-refractivity contribution in [1.29, 1.82) is 0 Å². The first-order valence-corrected chi connectivity index (χ1v) is 4.64. The molecule has 1 aromatic carbocycles. The molecule has 0 aliphatic carbocycles. The van der Waals surface area contributed by atoms with E-state index in [1.807, 2.05) is 24.1 Å². The number of aldehydes is 1. The quantitative estimate of drug-likeness (QED) is 0.562. The molecule has 0 spiro atoms. The van der Waals surface area contributed by atoms with Crippen molar-refractivity contribution >= 4 is 23.6 Å². The van der Waals surface area contributed by atoms with Crippen LogP contribution < -0.4 is 4.90 Å². The molecule has 0 heterocycles. The maximum atomic E-state index is 10.8. The molecule has 2 nitrogen and oxygen atoms in total. The first-order valence-electron chi connectivity index (χ1n) is 4.26. The predicted molar refractivity (Wildman–Crippen MR) is 60.3 cm³/mol. The molecular formula is C11H12ClNO. The summed E-state index contributed by atoms with van der Waals surface area (Å²) < 4.78 is 0. The van der Waals surface area contributed by atoms with Gasteiger partial charge < -0.3 is 4.90 Å². The number of hydrogen-bond donors (Lipinski definition) is 0. The minimum atomic E-state index is 0.480. The Kier molecular flexibility index (Phi) is 3.72. The lowest BCUT2D eigenvalue weighted by Crippen LogP contribution is -2.18. The summed E-state index contributed by atoms with van der Waals surface area (Å²) in [5.74, 6) is 0. The van der Waals surface area contributed by atoms with E-state index in [0.717, 1.165) is 12.0 Å². The zero-order valence-corrected chi connectivity index (χ0v) is 8.79. The van der Waals surface area contributed by atoms with Crippen LogP contribution in [0.15, 0.2) is 30.9 Å². The molecule has 0 saturated heterocycles. The summed E-state index contributed by atoms with van der Waals surface area (Å²) in [6, 6.07) is 5.39. The molecule has 14 heavy (non-hydrogen) atoms. The molecule has 0 aromatic heterocycles. The van der Waals surface area contributed by atoms with Gasteiger partial charge in [-0.05, 0) is 12.1 Å². The molecule has 0 saturated carbocycles. The molecule has 3 heteroatoms. The van der Waals surface area contributed by atoms with Gasteiger partial charge in [-0.1, -0.05) is 23.7 Å². The lowest BCUT2D eigenvalue weighted by molar-refractivity contribution is 0.112. The van der Waals surface area contributed by atoms with Crippen molar-refractivity contribution in [1.82, 2.24) is 0 Å². The maximum absolute atomic E-state index is 10.8. The fraction of sp³-hybridized carbons (Fsp3) is 0.182. The van der Waals surface area contributed by atoms with Gasteiger partial charge in [0.2, 0.25) is 0 Å². The van der Waals surface area contributed by atoms with Crippen molar-refractivity contribution in [2.75, 3.05) is 18.5 Å². The number of benzene rings is 1. The maximum Gasteiger partial charge on any atom is 0.153 e.